The lowest BCUT2D eigenvalue weighted by Crippen LogP contribution is -2.26. The normalized spacial score (nSPS) is 20.8. The Balaban J connectivity index is 1.64. The van der Waals surface area contributed by atoms with E-state index in [0.29, 0.717) is 18.7 Å². The topological polar surface area (TPSA) is 123 Å². The average molecular weight is 402 g/mol. The molecule has 2 amide bonds. The summed E-state index contributed by atoms with van der Waals surface area (Å²) in [7, 11) is -3.45. The third kappa shape index (κ3) is 3.58. The number of aliphatic imine (C=N–C) groups is 1. The first kappa shape index (κ1) is 19.1. The molecule has 2 aliphatic carbocycles. The van der Waals surface area contributed by atoms with Crippen molar-refractivity contribution < 1.29 is 9.00 Å². The predicted octanol–water partition coefficient (Wildman–Crippen LogP) is 2.96. The number of hydrogen-bond donors (Lipinski definition) is 3. The highest BCUT2D eigenvalue weighted by molar-refractivity contribution is 7.96. The Morgan fingerprint density at radius 2 is 1.75 bits per heavy atom. The van der Waals surface area contributed by atoms with Gasteiger partial charge in [-0.1, -0.05) is 6.07 Å². The van der Waals surface area contributed by atoms with Gasteiger partial charge in [-0.25, -0.2) is 14.1 Å². The lowest BCUT2D eigenvalue weighted by molar-refractivity contribution is 0.260. The predicted molar refractivity (Wildman–Crippen MR) is 113 cm³/mol. The van der Waals surface area contributed by atoms with E-state index in [0.717, 1.165) is 57.1 Å². The van der Waals surface area contributed by atoms with Gasteiger partial charge in [0.1, 0.15) is 9.92 Å². The molecule has 150 valence electrons. The number of anilines is 1. The van der Waals surface area contributed by atoms with Gasteiger partial charge in [0.15, 0.2) is 0 Å². The third-order valence-electron chi connectivity index (χ3n) is 5.80. The number of nitrogens with one attached hydrogen (secondary N) is 1. The van der Waals surface area contributed by atoms with E-state index in [1.54, 1.807) is 0 Å². The fourth-order valence-corrected chi connectivity index (χ4v) is 5.62. The maximum Gasteiger partial charge on any atom is 0.354 e. The number of amides is 2. The number of nitrogens with zero attached hydrogens (tertiary/aromatic N) is 2. The van der Waals surface area contributed by atoms with E-state index in [9.17, 15) is 9.00 Å². The van der Waals surface area contributed by atoms with Crippen LogP contribution in [0.3, 0.4) is 0 Å². The van der Waals surface area contributed by atoms with Gasteiger partial charge in [0.25, 0.3) is 0 Å². The van der Waals surface area contributed by atoms with E-state index in [1.807, 2.05) is 0 Å². The molecule has 8 heteroatoms. The zero-order valence-corrected chi connectivity index (χ0v) is 16.8. The van der Waals surface area contributed by atoms with Gasteiger partial charge < -0.3 is 11.1 Å². The van der Waals surface area contributed by atoms with Gasteiger partial charge in [0.05, 0.1) is 10.6 Å². The number of aryl methyl sites for hydroxylation is 2. The van der Waals surface area contributed by atoms with Crippen molar-refractivity contribution in [1.82, 2.24) is 0 Å². The lowest BCUT2D eigenvalue weighted by Gasteiger charge is -2.17. The molecule has 0 fully saturated rings. The Bertz CT molecular complexity index is 970. The van der Waals surface area contributed by atoms with Gasteiger partial charge in [0.2, 0.25) is 0 Å². The summed E-state index contributed by atoms with van der Waals surface area (Å²) < 4.78 is 16.8. The van der Waals surface area contributed by atoms with Crippen molar-refractivity contribution in [2.24, 2.45) is 20.2 Å². The van der Waals surface area contributed by atoms with E-state index in [1.165, 1.54) is 28.5 Å². The molecular weight excluding hydrogens is 374 g/mol. The summed E-state index contributed by atoms with van der Waals surface area (Å²) in [4.78, 5) is 17.2. The van der Waals surface area contributed by atoms with Crippen LogP contribution in [0.2, 0.25) is 0 Å². The summed E-state index contributed by atoms with van der Waals surface area (Å²) >= 11 is 0. The second-order valence-electron chi connectivity index (χ2n) is 7.64. The summed E-state index contributed by atoms with van der Waals surface area (Å²) in [6.45, 7) is 0.649. The van der Waals surface area contributed by atoms with Crippen molar-refractivity contribution in [3.63, 3.8) is 0 Å². The minimum absolute atomic E-state index is 0.172. The Labute approximate surface area is 166 Å². The van der Waals surface area contributed by atoms with E-state index in [2.05, 4.69) is 20.7 Å². The van der Waals surface area contributed by atoms with Crippen LogP contribution in [0, 0.1) is 0 Å². The van der Waals surface area contributed by atoms with Crippen molar-refractivity contribution >= 4 is 27.3 Å². The first-order valence-corrected chi connectivity index (χ1v) is 11.6. The van der Waals surface area contributed by atoms with Crippen molar-refractivity contribution in [2.45, 2.75) is 57.8 Å². The summed E-state index contributed by atoms with van der Waals surface area (Å²) in [5, 5.41) is 8.86. The van der Waals surface area contributed by atoms with Crippen LogP contribution in [0.5, 0.6) is 0 Å². The minimum Gasteiger partial charge on any atom is -0.404 e. The zero-order chi connectivity index (χ0) is 19.7. The van der Waals surface area contributed by atoms with Crippen LogP contribution in [-0.2, 0) is 35.6 Å². The standard InChI is InChI=1S/C20H27N5O2S/c21-12-18(17-9-1-2-10-23-17)28(22,27)25-20(26)24-19-15-7-3-5-13(15)11-14-6-4-8-16(14)19/h11-12H,1-10,21H2,(H3,22,24,25,26,27)/b18-12+. The molecule has 0 saturated heterocycles. The maximum atomic E-state index is 13.0. The molecule has 0 aromatic heterocycles. The number of carbonyl (C=O) groups excluding carboxylic acids is 1. The number of rotatable bonds is 3. The fraction of sp³-hybridized carbons (Fsp3) is 0.500. The van der Waals surface area contributed by atoms with Crippen LogP contribution in [0.25, 0.3) is 0 Å². The lowest BCUT2D eigenvalue weighted by atomic mass is 9.99. The summed E-state index contributed by atoms with van der Waals surface area (Å²) in [5.41, 5.74) is 12.1. The molecule has 0 bridgehead atoms. The van der Waals surface area contributed by atoms with Gasteiger partial charge in [-0.3, -0.25) is 4.99 Å². The Morgan fingerprint density at radius 1 is 1.07 bits per heavy atom. The van der Waals surface area contributed by atoms with E-state index < -0.39 is 15.9 Å². The quantitative estimate of drug-likeness (QED) is 0.721. The van der Waals surface area contributed by atoms with E-state index >= 15 is 0 Å². The van der Waals surface area contributed by atoms with Gasteiger partial charge in [-0.05, 0) is 80.0 Å². The number of nitrogens with two attached hydrogens (primary N) is 2. The van der Waals surface area contributed by atoms with Gasteiger partial charge in [-0.15, -0.1) is 4.36 Å². The number of allylic oxidation sites excluding steroid dienone is 1. The second kappa shape index (κ2) is 7.67. The van der Waals surface area contributed by atoms with Gasteiger partial charge >= 0.3 is 6.03 Å². The molecule has 1 unspecified atom stereocenters. The summed E-state index contributed by atoms with van der Waals surface area (Å²) in [5.74, 6) is 0. The first-order chi connectivity index (χ1) is 13.5. The number of carbonyl (C=O) groups is 1. The van der Waals surface area contributed by atoms with Crippen LogP contribution in [0.4, 0.5) is 10.5 Å². The smallest absolute Gasteiger partial charge is 0.354 e. The molecule has 1 atom stereocenters. The number of hydrogen-bond acceptors (Lipinski definition) is 4. The highest BCUT2D eigenvalue weighted by Gasteiger charge is 2.26. The van der Waals surface area contributed by atoms with Crippen LogP contribution < -0.4 is 16.2 Å². The van der Waals surface area contributed by atoms with E-state index in [-0.39, 0.29) is 4.91 Å². The highest BCUT2D eigenvalue weighted by atomic mass is 32.2. The molecule has 0 saturated carbocycles. The van der Waals surface area contributed by atoms with Crippen molar-refractivity contribution in [1.29, 1.82) is 0 Å². The SMILES string of the molecule is N/C=C(\C1=NCCCC1)S(N)(=O)=NC(=O)Nc1c2c(cc3c1CCC3)CCC2. The Kier molecular flexibility index (Phi) is 5.25. The fourth-order valence-electron chi connectivity index (χ4n) is 4.53. The molecule has 0 radical (unpaired) electrons. The van der Waals surface area contributed by atoms with E-state index in [4.69, 9.17) is 10.9 Å². The van der Waals surface area contributed by atoms with Gasteiger partial charge in [-0.2, -0.15) is 0 Å². The van der Waals surface area contributed by atoms with Crippen molar-refractivity contribution in [2.75, 3.05) is 11.9 Å². The molecule has 4 rings (SSSR count). The molecule has 1 aromatic rings. The molecule has 0 spiro atoms. The minimum atomic E-state index is -3.45. The van der Waals surface area contributed by atoms with Crippen molar-refractivity contribution in [3.8, 4) is 0 Å². The molecule has 28 heavy (non-hydrogen) atoms. The molecule has 5 N–H and O–H groups in total. The van der Waals surface area contributed by atoms with Crippen LogP contribution in [0.1, 0.15) is 54.4 Å². The largest absolute Gasteiger partial charge is 0.404 e. The molecule has 1 aliphatic heterocycles. The third-order valence-corrected chi connectivity index (χ3v) is 7.24. The van der Waals surface area contributed by atoms with Gasteiger partial charge in [0, 0.05) is 18.4 Å². The second-order valence-corrected chi connectivity index (χ2v) is 9.40. The van der Waals surface area contributed by atoms with Crippen LogP contribution >= 0.6 is 0 Å². The molecule has 7 nitrogen and oxygen atoms in total. The average Bonchev–Trinajstić information content (AvgIpc) is 3.31. The number of urea groups is 1. The molecule has 1 heterocycles. The highest BCUT2D eigenvalue weighted by Crippen LogP contribution is 2.38. The first-order valence-electron chi connectivity index (χ1n) is 9.97. The summed E-state index contributed by atoms with van der Waals surface area (Å²) in [6, 6.07) is 1.61. The zero-order valence-electron chi connectivity index (χ0n) is 16.0. The Hall–Kier alpha value is -2.19. The Morgan fingerprint density at radius 3 is 2.32 bits per heavy atom. The summed E-state index contributed by atoms with van der Waals surface area (Å²) in [6.07, 6.45) is 9.89. The van der Waals surface area contributed by atoms with Crippen LogP contribution in [0.15, 0.2) is 26.5 Å². The monoisotopic (exact) mass is 401 g/mol. The molecule has 1 aromatic carbocycles. The maximum absolute atomic E-state index is 13.0. The molecular formula is C20H27N5O2S. The van der Waals surface area contributed by atoms with Crippen molar-refractivity contribution in [3.05, 3.63) is 39.4 Å². The molecule has 3 aliphatic rings. The number of fused-ring (bicyclic) bond motifs is 2. The van der Waals surface area contributed by atoms with Crippen LogP contribution in [-0.4, -0.2) is 22.5 Å². The number of benzene rings is 1.